The first-order valence-corrected chi connectivity index (χ1v) is 14.8. The van der Waals surface area contributed by atoms with E-state index in [0.29, 0.717) is 17.6 Å². The van der Waals surface area contributed by atoms with E-state index in [2.05, 4.69) is 45.4 Å². The smallest absolute Gasteiger partial charge is 0.412 e. The summed E-state index contributed by atoms with van der Waals surface area (Å²) in [4.78, 5) is 29.8. The zero-order valence-corrected chi connectivity index (χ0v) is 23.1. The van der Waals surface area contributed by atoms with E-state index >= 15 is 0 Å². The van der Waals surface area contributed by atoms with E-state index in [1.54, 1.807) is 0 Å². The number of rotatable bonds is 8. The van der Waals surface area contributed by atoms with Gasteiger partial charge in [0, 0.05) is 44.7 Å². The van der Waals surface area contributed by atoms with Gasteiger partial charge in [0.25, 0.3) is 0 Å². The van der Waals surface area contributed by atoms with Crippen molar-refractivity contribution < 1.29 is 19.4 Å². The Morgan fingerprint density at radius 1 is 0.949 bits per heavy atom. The molecule has 7 heteroatoms. The van der Waals surface area contributed by atoms with Crippen molar-refractivity contribution in [3.63, 3.8) is 0 Å². The predicted molar refractivity (Wildman–Crippen MR) is 152 cm³/mol. The van der Waals surface area contributed by atoms with E-state index in [1.165, 1.54) is 12.0 Å². The van der Waals surface area contributed by atoms with Gasteiger partial charge in [-0.15, -0.1) is 0 Å². The summed E-state index contributed by atoms with van der Waals surface area (Å²) in [5.41, 5.74) is 2.25. The summed E-state index contributed by atoms with van der Waals surface area (Å²) in [6.45, 7) is 6.35. The lowest BCUT2D eigenvalue weighted by Crippen LogP contribution is -2.48. The number of aliphatic carboxylic acids is 1. The third kappa shape index (κ3) is 7.00. The standard InChI is InChI=1S/C32H43N3O4/c1-23-10-8-9-15-29(23)39-32(38)33-27-16-18-34(19-17-27)20-26-21-35(22-28(26)24-11-4-2-5-12-24)30(31(36)37)25-13-6-3-7-14-25/h2,4-5,8-12,15,25-28,30H,3,6-7,13-14,16-22H2,1H3,(H,33,38)(H,36,37). The Labute approximate surface area is 232 Å². The number of carbonyl (C=O) groups is 2. The van der Waals surface area contributed by atoms with Crippen LogP contribution in [0.4, 0.5) is 4.79 Å². The number of para-hydroxylation sites is 1. The molecule has 3 atom stereocenters. The summed E-state index contributed by atoms with van der Waals surface area (Å²) >= 11 is 0. The highest BCUT2D eigenvalue weighted by molar-refractivity contribution is 5.74. The number of likely N-dealkylation sites (tertiary alicyclic amines) is 2. The molecular weight excluding hydrogens is 490 g/mol. The fraction of sp³-hybridized carbons (Fsp3) is 0.562. The van der Waals surface area contributed by atoms with Crippen molar-refractivity contribution in [3.05, 3.63) is 65.7 Å². The number of ether oxygens (including phenoxy) is 1. The lowest BCUT2D eigenvalue weighted by atomic mass is 9.83. The fourth-order valence-electron chi connectivity index (χ4n) is 7.06. The molecule has 1 aliphatic carbocycles. The summed E-state index contributed by atoms with van der Waals surface area (Å²) in [6, 6.07) is 17.9. The quantitative estimate of drug-likeness (QED) is 0.480. The lowest BCUT2D eigenvalue weighted by molar-refractivity contribution is -0.145. The molecule has 1 saturated carbocycles. The Balaban J connectivity index is 1.19. The second-order valence-corrected chi connectivity index (χ2v) is 11.8. The van der Waals surface area contributed by atoms with Gasteiger partial charge in [-0.05, 0) is 61.6 Å². The van der Waals surface area contributed by atoms with Crippen molar-refractivity contribution >= 4 is 12.1 Å². The minimum absolute atomic E-state index is 0.102. The number of benzene rings is 2. The first-order valence-electron chi connectivity index (χ1n) is 14.8. The van der Waals surface area contributed by atoms with E-state index in [1.807, 2.05) is 31.2 Å². The Hall–Kier alpha value is -2.90. The third-order valence-corrected chi connectivity index (χ3v) is 9.14. The van der Waals surface area contributed by atoms with Gasteiger partial charge in [-0.2, -0.15) is 0 Å². The van der Waals surface area contributed by atoms with Gasteiger partial charge in [0.15, 0.2) is 0 Å². The van der Waals surface area contributed by atoms with Gasteiger partial charge in [-0.1, -0.05) is 67.8 Å². The van der Waals surface area contributed by atoms with Gasteiger partial charge in [-0.25, -0.2) is 4.79 Å². The molecule has 2 heterocycles. The number of carboxylic acids is 1. The van der Waals surface area contributed by atoms with Gasteiger partial charge in [0.2, 0.25) is 0 Å². The molecule has 3 unspecified atom stereocenters. The van der Waals surface area contributed by atoms with Crippen LogP contribution < -0.4 is 10.1 Å². The Kier molecular flexibility index (Phi) is 9.20. The van der Waals surface area contributed by atoms with E-state index < -0.39 is 5.97 Å². The molecule has 210 valence electrons. The third-order valence-electron chi connectivity index (χ3n) is 9.14. The van der Waals surface area contributed by atoms with Crippen LogP contribution in [0, 0.1) is 18.8 Å². The van der Waals surface area contributed by atoms with Crippen molar-refractivity contribution in [2.24, 2.45) is 11.8 Å². The van der Waals surface area contributed by atoms with Gasteiger partial charge >= 0.3 is 12.1 Å². The average molecular weight is 534 g/mol. The molecule has 0 radical (unpaired) electrons. The number of aryl methyl sites for hydroxylation is 1. The lowest BCUT2D eigenvalue weighted by Gasteiger charge is -2.35. The highest BCUT2D eigenvalue weighted by Gasteiger charge is 2.43. The normalized spacial score (nSPS) is 24.3. The van der Waals surface area contributed by atoms with Crippen LogP contribution in [-0.4, -0.2) is 71.8 Å². The monoisotopic (exact) mass is 533 g/mol. The van der Waals surface area contributed by atoms with Crippen LogP contribution in [-0.2, 0) is 4.79 Å². The molecule has 2 aromatic rings. The summed E-state index contributed by atoms with van der Waals surface area (Å²) in [7, 11) is 0. The summed E-state index contributed by atoms with van der Waals surface area (Å²) < 4.78 is 5.53. The molecule has 2 aliphatic heterocycles. The molecule has 39 heavy (non-hydrogen) atoms. The van der Waals surface area contributed by atoms with Gasteiger partial charge in [0.1, 0.15) is 11.8 Å². The molecule has 2 saturated heterocycles. The SMILES string of the molecule is Cc1ccccc1OC(=O)NC1CCN(CC2CN(C(C(=O)O)C3CCCCC3)CC2c2ccccc2)CC1. The van der Waals surface area contributed by atoms with Crippen molar-refractivity contribution in [1.29, 1.82) is 0 Å². The minimum atomic E-state index is -0.654. The second kappa shape index (κ2) is 13.0. The van der Waals surface area contributed by atoms with Gasteiger partial charge in [0.05, 0.1) is 0 Å². The number of amides is 1. The highest BCUT2D eigenvalue weighted by Crippen LogP contribution is 2.38. The summed E-state index contributed by atoms with van der Waals surface area (Å²) in [5.74, 6) is 0.912. The molecule has 0 bridgehead atoms. The van der Waals surface area contributed by atoms with Crippen LogP contribution >= 0.6 is 0 Å². The number of carboxylic acid groups (broad SMARTS) is 1. The first kappa shape index (κ1) is 27.7. The van der Waals surface area contributed by atoms with Crippen LogP contribution in [0.2, 0.25) is 0 Å². The number of carbonyl (C=O) groups excluding carboxylic acids is 1. The Bertz CT molecular complexity index is 1100. The van der Waals surface area contributed by atoms with Crippen LogP contribution in [0.5, 0.6) is 5.75 Å². The molecule has 1 amide bonds. The Morgan fingerprint density at radius 3 is 2.33 bits per heavy atom. The van der Waals surface area contributed by atoms with Crippen LogP contribution in [0.3, 0.4) is 0 Å². The van der Waals surface area contributed by atoms with E-state index in [-0.39, 0.29) is 24.1 Å². The van der Waals surface area contributed by atoms with Gasteiger partial charge < -0.3 is 20.1 Å². The largest absolute Gasteiger partial charge is 0.480 e. The predicted octanol–water partition coefficient (Wildman–Crippen LogP) is 5.30. The number of piperidine rings is 1. The molecule has 3 fully saturated rings. The van der Waals surface area contributed by atoms with E-state index in [4.69, 9.17) is 4.74 Å². The maximum Gasteiger partial charge on any atom is 0.412 e. The molecule has 2 aromatic carbocycles. The zero-order chi connectivity index (χ0) is 27.2. The van der Waals surface area contributed by atoms with Crippen LogP contribution in [0.1, 0.15) is 62.0 Å². The Morgan fingerprint density at radius 2 is 1.64 bits per heavy atom. The average Bonchev–Trinajstić information content (AvgIpc) is 3.35. The van der Waals surface area contributed by atoms with Crippen molar-refractivity contribution in [2.45, 2.75) is 69.9 Å². The van der Waals surface area contributed by atoms with Crippen LogP contribution in [0.15, 0.2) is 54.6 Å². The summed E-state index contributed by atoms with van der Waals surface area (Å²) in [5, 5.41) is 13.3. The first-order chi connectivity index (χ1) is 19.0. The van der Waals surface area contributed by atoms with Crippen molar-refractivity contribution in [2.75, 3.05) is 32.7 Å². The maximum atomic E-state index is 12.5. The minimum Gasteiger partial charge on any atom is -0.480 e. The van der Waals surface area contributed by atoms with Crippen molar-refractivity contribution in [3.8, 4) is 5.75 Å². The number of nitrogens with one attached hydrogen (secondary N) is 1. The topological polar surface area (TPSA) is 82.1 Å². The van der Waals surface area contributed by atoms with E-state index in [9.17, 15) is 14.7 Å². The molecule has 7 nitrogen and oxygen atoms in total. The number of hydrogen-bond donors (Lipinski definition) is 2. The molecule has 0 spiro atoms. The second-order valence-electron chi connectivity index (χ2n) is 11.8. The van der Waals surface area contributed by atoms with Gasteiger partial charge in [-0.3, -0.25) is 9.69 Å². The fourth-order valence-corrected chi connectivity index (χ4v) is 7.06. The number of hydrogen-bond acceptors (Lipinski definition) is 5. The molecule has 3 aliphatic rings. The maximum absolute atomic E-state index is 12.5. The van der Waals surface area contributed by atoms with Crippen LogP contribution in [0.25, 0.3) is 0 Å². The molecular formula is C32H43N3O4. The van der Waals surface area contributed by atoms with Crippen molar-refractivity contribution in [1.82, 2.24) is 15.1 Å². The van der Waals surface area contributed by atoms with E-state index in [0.717, 1.165) is 76.8 Å². The number of nitrogens with zero attached hydrogens (tertiary/aromatic N) is 2. The molecule has 0 aromatic heterocycles. The molecule has 5 rings (SSSR count). The summed E-state index contributed by atoms with van der Waals surface area (Å²) in [6.07, 6.45) is 6.96. The molecule has 2 N–H and O–H groups in total. The highest BCUT2D eigenvalue weighted by atomic mass is 16.6. The zero-order valence-electron chi connectivity index (χ0n) is 23.1.